The fourth-order valence-electron chi connectivity index (χ4n) is 1.06. The Morgan fingerprint density at radius 1 is 1.46 bits per heavy atom. The van der Waals surface area contributed by atoms with Crippen molar-refractivity contribution in [2.45, 2.75) is 13.0 Å². The first-order chi connectivity index (χ1) is 6.25. The highest BCUT2D eigenvalue weighted by Crippen LogP contribution is 2.08. The first-order valence-electron chi connectivity index (χ1n) is 4.30. The van der Waals surface area contributed by atoms with Crippen molar-refractivity contribution >= 4 is 5.97 Å². The molecule has 0 spiro atoms. The summed E-state index contributed by atoms with van der Waals surface area (Å²) in [6, 6.07) is 8.99. The molecule has 0 saturated heterocycles. The van der Waals surface area contributed by atoms with Crippen LogP contribution in [0.25, 0.3) is 0 Å². The van der Waals surface area contributed by atoms with Crippen LogP contribution in [0.15, 0.2) is 30.3 Å². The normalized spacial score (nSPS) is 12.2. The number of quaternary nitrogens is 1. The van der Waals surface area contributed by atoms with Gasteiger partial charge in [-0.15, -0.1) is 0 Å². The molecule has 3 nitrogen and oxygen atoms in total. The molecule has 0 unspecified atom stereocenters. The van der Waals surface area contributed by atoms with Gasteiger partial charge in [0.05, 0.1) is 6.61 Å². The van der Waals surface area contributed by atoms with Gasteiger partial charge in [0.2, 0.25) is 6.04 Å². The monoisotopic (exact) mass is 180 g/mol. The summed E-state index contributed by atoms with van der Waals surface area (Å²) in [5.74, 6) is -0.270. The molecule has 3 N–H and O–H groups in total. The van der Waals surface area contributed by atoms with Crippen molar-refractivity contribution in [2.24, 2.45) is 0 Å². The fraction of sp³-hybridized carbons (Fsp3) is 0.300. The number of esters is 1. The van der Waals surface area contributed by atoms with Gasteiger partial charge in [-0.2, -0.15) is 0 Å². The summed E-state index contributed by atoms with van der Waals surface area (Å²) in [6.45, 7) is 2.19. The van der Waals surface area contributed by atoms with Crippen LogP contribution in [0.5, 0.6) is 0 Å². The Hall–Kier alpha value is -1.35. The van der Waals surface area contributed by atoms with E-state index in [1.165, 1.54) is 0 Å². The van der Waals surface area contributed by atoms with Crippen LogP contribution in [0.3, 0.4) is 0 Å². The van der Waals surface area contributed by atoms with E-state index >= 15 is 0 Å². The van der Waals surface area contributed by atoms with Gasteiger partial charge in [-0.3, -0.25) is 0 Å². The number of rotatable bonds is 3. The molecule has 1 aromatic rings. The largest absolute Gasteiger partial charge is 0.461 e. The number of hydrogen-bond donors (Lipinski definition) is 1. The second-order valence-corrected chi connectivity index (χ2v) is 2.72. The van der Waals surface area contributed by atoms with Gasteiger partial charge < -0.3 is 10.5 Å². The Morgan fingerprint density at radius 2 is 2.08 bits per heavy atom. The van der Waals surface area contributed by atoms with E-state index in [9.17, 15) is 4.79 Å². The van der Waals surface area contributed by atoms with E-state index in [0.29, 0.717) is 6.61 Å². The minimum atomic E-state index is -0.416. The van der Waals surface area contributed by atoms with Gasteiger partial charge in [-0.1, -0.05) is 30.3 Å². The van der Waals surface area contributed by atoms with Crippen LogP contribution in [0, 0.1) is 0 Å². The molecule has 0 fully saturated rings. The van der Waals surface area contributed by atoms with Gasteiger partial charge in [0, 0.05) is 5.56 Å². The summed E-state index contributed by atoms with van der Waals surface area (Å²) < 4.78 is 4.86. The lowest BCUT2D eigenvalue weighted by molar-refractivity contribution is -0.414. The summed E-state index contributed by atoms with van der Waals surface area (Å²) in [4.78, 5) is 11.3. The average Bonchev–Trinajstić information content (AvgIpc) is 2.18. The van der Waals surface area contributed by atoms with Crippen LogP contribution in [-0.2, 0) is 9.53 Å². The van der Waals surface area contributed by atoms with Crippen molar-refractivity contribution in [3.8, 4) is 0 Å². The SMILES string of the molecule is CCOC(=O)[C@H]([NH3+])c1ccccc1. The predicted octanol–water partition coefficient (Wildman–Crippen LogP) is 0.533. The molecule has 0 aliphatic carbocycles. The smallest absolute Gasteiger partial charge is 0.369 e. The zero-order valence-electron chi connectivity index (χ0n) is 7.69. The van der Waals surface area contributed by atoms with E-state index < -0.39 is 6.04 Å². The summed E-state index contributed by atoms with van der Waals surface area (Å²) in [5.41, 5.74) is 4.64. The Balaban J connectivity index is 2.68. The van der Waals surface area contributed by atoms with E-state index in [2.05, 4.69) is 5.73 Å². The van der Waals surface area contributed by atoms with Crippen LogP contribution < -0.4 is 5.73 Å². The van der Waals surface area contributed by atoms with Crippen LogP contribution >= 0.6 is 0 Å². The molecular formula is C10H14NO2+. The van der Waals surface area contributed by atoms with Crippen molar-refractivity contribution in [1.82, 2.24) is 0 Å². The lowest BCUT2D eigenvalue weighted by atomic mass is 10.1. The molecule has 0 radical (unpaired) electrons. The molecule has 0 saturated carbocycles. The number of benzene rings is 1. The first kappa shape index (κ1) is 9.74. The Bertz CT molecular complexity index is 272. The minimum absolute atomic E-state index is 0.270. The van der Waals surface area contributed by atoms with E-state index in [1.807, 2.05) is 30.3 Å². The predicted molar refractivity (Wildman–Crippen MR) is 48.7 cm³/mol. The van der Waals surface area contributed by atoms with E-state index in [4.69, 9.17) is 4.74 Å². The molecule has 0 aliphatic heterocycles. The highest BCUT2D eigenvalue weighted by Gasteiger charge is 2.19. The zero-order chi connectivity index (χ0) is 9.68. The van der Waals surface area contributed by atoms with Crippen LogP contribution in [0.2, 0.25) is 0 Å². The highest BCUT2D eigenvalue weighted by atomic mass is 16.5. The molecule has 0 heterocycles. The number of carbonyl (C=O) groups is 1. The molecule has 0 amide bonds. The lowest BCUT2D eigenvalue weighted by Gasteiger charge is -2.06. The van der Waals surface area contributed by atoms with Crippen LogP contribution in [0.1, 0.15) is 18.5 Å². The molecule has 0 bridgehead atoms. The maximum Gasteiger partial charge on any atom is 0.369 e. The van der Waals surface area contributed by atoms with Crippen molar-refractivity contribution in [3.63, 3.8) is 0 Å². The third-order valence-corrected chi connectivity index (χ3v) is 1.77. The van der Waals surface area contributed by atoms with Gasteiger partial charge >= 0.3 is 5.97 Å². The third kappa shape index (κ3) is 2.56. The van der Waals surface area contributed by atoms with Gasteiger partial charge in [0.25, 0.3) is 0 Å². The number of carbonyl (C=O) groups excluding carboxylic acids is 1. The molecule has 70 valence electrons. The third-order valence-electron chi connectivity index (χ3n) is 1.77. The molecule has 0 aromatic heterocycles. The summed E-state index contributed by atoms with van der Waals surface area (Å²) in [7, 11) is 0. The summed E-state index contributed by atoms with van der Waals surface area (Å²) in [5, 5.41) is 0. The molecule has 13 heavy (non-hydrogen) atoms. The Labute approximate surface area is 77.5 Å². The van der Waals surface area contributed by atoms with E-state index in [1.54, 1.807) is 6.92 Å². The molecule has 1 rings (SSSR count). The van der Waals surface area contributed by atoms with Crippen molar-refractivity contribution < 1.29 is 15.3 Å². The second-order valence-electron chi connectivity index (χ2n) is 2.72. The fourth-order valence-corrected chi connectivity index (χ4v) is 1.06. The standard InChI is InChI=1S/C10H13NO2/c1-2-13-10(12)9(11)8-6-4-3-5-7-8/h3-7,9H,2,11H2,1H3/p+1/t9-/m1/s1. The molecule has 3 heteroatoms. The Morgan fingerprint density at radius 3 is 2.62 bits per heavy atom. The molecule has 1 atom stereocenters. The second kappa shape index (κ2) is 4.62. The van der Waals surface area contributed by atoms with Gasteiger partial charge in [0.1, 0.15) is 0 Å². The van der Waals surface area contributed by atoms with Gasteiger partial charge in [-0.25, -0.2) is 4.79 Å². The van der Waals surface area contributed by atoms with Crippen LogP contribution in [-0.4, -0.2) is 12.6 Å². The molecule has 1 aromatic carbocycles. The minimum Gasteiger partial charge on any atom is -0.461 e. The number of hydrogen-bond acceptors (Lipinski definition) is 2. The van der Waals surface area contributed by atoms with E-state index in [-0.39, 0.29) is 5.97 Å². The average molecular weight is 180 g/mol. The Kier molecular flexibility index (Phi) is 3.46. The lowest BCUT2D eigenvalue weighted by Crippen LogP contribution is -2.57. The topological polar surface area (TPSA) is 53.9 Å². The molecule has 0 aliphatic rings. The zero-order valence-corrected chi connectivity index (χ0v) is 7.69. The maximum absolute atomic E-state index is 11.3. The summed E-state index contributed by atoms with van der Waals surface area (Å²) >= 11 is 0. The van der Waals surface area contributed by atoms with Gasteiger partial charge in [0.15, 0.2) is 0 Å². The maximum atomic E-state index is 11.3. The summed E-state index contributed by atoms with van der Waals surface area (Å²) in [6.07, 6.45) is 0. The van der Waals surface area contributed by atoms with Gasteiger partial charge in [-0.05, 0) is 6.92 Å². The van der Waals surface area contributed by atoms with Crippen LogP contribution in [0.4, 0.5) is 0 Å². The first-order valence-corrected chi connectivity index (χ1v) is 4.30. The van der Waals surface area contributed by atoms with Crippen molar-refractivity contribution in [3.05, 3.63) is 35.9 Å². The quantitative estimate of drug-likeness (QED) is 0.690. The van der Waals surface area contributed by atoms with Crippen molar-refractivity contribution in [1.29, 1.82) is 0 Å². The highest BCUT2D eigenvalue weighted by molar-refractivity contribution is 5.75. The van der Waals surface area contributed by atoms with E-state index in [0.717, 1.165) is 5.56 Å². The van der Waals surface area contributed by atoms with Crippen molar-refractivity contribution in [2.75, 3.05) is 6.61 Å². The number of ether oxygens (including phenoxy) is 1. The molecular weight excluding hydrogens is 166 g/mol.